The SMILES string of the molecule is Nc1cc2c(cc1Sc1nc3ccccc3o1)NC(=O)C2. The Balaban J connectivity index is 1.71. The van der Waals surface area contributed by atoms with E-state index >= 15 is 0 Å². The molecule has 104 valence electrons. The normalized spacial score (nSPS) is 13.4. The second kappa shape index (κ2) is 4.53. The van der Waals surface area contributed by atoms with Crippen LogP contribution in [-0.4, -0.2) is 10.9 Å². The molecule has 3 N–H and O–H groups in total. The second-order valence-corrected chi connectivity index (χ2v) is 5.81. The first-order chi connectivity index (χ1) is 10.2. The van der Waals surface area contributed by atoms with Crippen molar-refractivity contribution in [3.63, 3.8) is 0 Å². The zero-order valence-corrected chi connectivity index (χ0v) is 11.7. The van der Waals surface area contributed by atoms with Crippen LogP contribution in [0.1, 0.15) is 5.56 Å². The highest BCUT2D eigenvalue weighted by molar-refractivity contribution is 7.99. The van der Waals surface area contributed by atoms with E-state index < -0.39 is 0 Å². The number of nitrogens with one attached hydrogen (secondary N) is 1. The van der Waals surface area contributed by atoms with Gasteiger partial charge in [0.1, 0.15) is 5.52 Å². The van der Waals surface area contributed by atoms with Crippen LogP contribution in [0.4, 0.5) is 11.4 Å². The topological polar surface area (TPSA) is 81.2 Å². The molecular weight excluding hydrogens is 286 g/mol. The number of carbonyl (C=O) groups excluding carboxylic acids is 1. The highest BCUT2D eigenvalue weighted by atomic mass is 32.2. The minimum atomic E-state index is -0.00610. The number of carbonyl (C=O) groups is 1. The number of oxazole rings is 1. The van der Waals surface area contributed by atoms with E-state index in [1.807, 2.05) is 36.4 Å². The van der Waals surface area contributed by atoms with Gasteiger partial charge in [0.2, 0.25) is 5.91 Å². The van der Waals surface area contributed by atoms with Gasteiger partial charge in [0, 0.05) is 16.3 Å². The van der Waals surface area contributed by atoms with Crippen LogP contribution in [0.15, 0.2) is 50.9 Å². The first kappa shape index (κ1) is 12.3. The van der Waals surface area contributed by atoms with E-state index in [-0.39, 0.29) is 5.91 Å². The molecule has 2 heterocycles. The summed E-state index contributed by atoms with van der Waals surface area (Å²) < 4.78 is 5.68. The van der Waals surface area contributed by atoms with E-state index in [9.17, 15) is 4.79 Å². The third-order valence-electron chi connectivity index (χ3n) is 3.33. The van der Waals surface area contributed by atoms with Gasteiger partial charge >= 0.3 is 0 Å². The van der Waals surface area contributed by atoms with Crippen LogP contribution in [-0.2, 0) is 11.2 Å². The molecule has 0 aliphatic carbocycles. The summed E-state index contributed by atoms with van der Waals surface area (Å²) in [5.74, 6) is -0.00610. The van der Waals surface area contributed by atoms with Crippen LogP contribution < -0.4 is 11.1 Å². The molecule has 1 aliphatic rings. The average Bonchev–Trinajstić information content (AvgIpc) is 3.00. The molecule has 5 nitrogen and oxygen atoms in total. The summed E-state index contributed by atoms with van der Waals surface area (Å²) in [6.07, 6.45) is 0.382. The van der Waals surface area contributed by atoms with E-state index in [0.29, 0.717) is 17.3 Å². The van der Waals surface area contributed by atoms with E-state index in [2.05, 4.69) is 10.3 Å². The Kier molecular flexibility index (Phi) is 2.65. The lowest BCUT2D eigenvalue weighted by Crippen LogP contribution is -2.03. The van der Waals surface area contributed by atoms with Crippen LogP contribution in [0.2, 0.25) is 0 Å². The van der Waals surface area contributed by atoms with Crippen LogP contribution in [0.3, 0.4) is 0 Å². The fraction of sp³-hybridized carbons (Fsp3) is 0.0667. The maximum atomic E-state index is 11.4. The summed E-state index contributed by atoms with van der Waals surface area (Å²) in [4.78, 5) is 16.6. The van der Waals surface area contributed by atoms with Crippen LogP contribution in [0, 0.1) is 0 Å². The van der Waals surface area contributed by atoms with Crippen molar-refractivity contribution in [2.75, 3.05) is 11.1 Å². The molecule has 2 aromatic carbocycles. The van der Waals surface area contributed by atoms with Gasteiger partial charge in [0.25, 0.3) is 5.22 Å². The third kappa shape index (κ3) is 2.13. The zero-order valence-electron chi connectivity index (χ0n) is 10.9. The monoisotopic (exact) mass is 297 g/mol. The third-order valence-corrected chi connectivity index (χ3v) is 4.25. The lowest BCUT2D eigenvalue weighted by atomic mass is 10.1. The Morgan fingerprint density at radius 2 is 2.14 bits per heavy atom. The summed E-state index contributed by atoms with van der Waals surface area (Å²) >= 11 is 1.35. The molecular formula is C15H11N3O2S. The highest BCUT2D eigenvalue weighted by Crippen LogP contribution is 2.38. The zero-order chi connectivity index (χ0) is 14.4. The molecule has 0 saturated heterocycles. The number of amides is 1. The van der Waals surface area contributed by atoms with Crippen molar-refractivity contribution in [3.8, 4) is 0 Å². The number of nitrogen functional groups attached to an aromatic ring is 1. The molecule has 0 spiro atoms. The van der Waals surface area contributed by atoms with Gasteiger partial charge in [-0.15, -0.1) is 0 Å². The van der Waals surface area contributed by atoms with Gasteiger partial charge in [-0.1, -0.05) is 12.1 Å². The maximum Gasteiger partial charge on any atom is 0.261 e. The Labute approximate surface area is 124 Å². The number of benzene rings is 2. The first-order valence-electron chi connectivity index (χ1n) is 6.45. The number of rotatable bonds is 2. The number of nitrogens with two attached hydrogens (primary N) is 1. The van der Waals surface area contributed by atoms with Gasteiger partial charge < -0.3 is 15.5 Å². The van der Waals surface area contributed by atoms with E-state index in [4.69, 9.17) is 10.2 Å². The predicted octanol–water partition coefficient (Wildman–Crippen LogP) is 3.06. The minimum Gasteiger partial charge on any atom is -0.431 e. The molecule has 1 amide bonds. The van der Waals surface area contributed by atoms with Crippen molar-refractivity contribution in [2.24, 2.45) is 0 Å². The number of aromatic nitrogens is 1. The molecule has 0 radical (unpaired) electrons. The van der Waals surface area contributed by atoms with Crippen molar-refractivity contribution in [1.82, 2.24) is 4.98 Å². The van der Waals surface area contributed by atoms with E-state index in [1.54, 1.807) is 0 Å². The van der Waals surface area contributed by atoms with Crippen molar-refractivity contribution >= 4 is 40.1 Å². The molecule has 0 atom stereocenters. The molecule has 3 aromatic rings. The number of fused-ring (bicyclic) bond motifs is 2. The van der Waals surface area contributed by atoms with Crippen LogP contribution >= 0.6 is 11.8 Å². The molecule has 0 saturated carbocycles. The summed E-state index contributed by atoms with van der Waals surface area (Å²) in [6.45, 7) is 0. The quantitative estimate of drug-likeness (QED) is 0.710. The molecule has 4 rings (SSSR count). The van der Waals surface area contributed by atoms with Gasteiger partial charge in [0.05, 0.1) is 6.42 Å². The van der Waals surface area contributed by atoms with E-state index in [1.165, 1.54) is 11.8 Å². The van der Waals surface area contributed by atoms with Crippen LogP contribution in [0.5, 0.6) is 0 Å². The van der Waals surface area contributed by atoms with Crippen molar-refractivity contribution in [1.29, 1.82) is 0 Å². The summed E-state index contributed by atoms with van der Waals surface area (Å²) in [5, 5.41) is 3.35. The molecule has 6 heteroatoms. The number of hydrogen-bond acceptors (Lipinski definition) is 5. The number of para-hydroxylation sites is 2. The largest absolute Gasteiger partial charge is 0.431 e. The smallest absolute Gasteiger partial charge is 0.261 e. The van der Waals surface area contributed by atoms with Gasteiger partial charge in [-0.2, -0.15) is 0 Å². The van der Waals surface area contributed by atoms with Gasteiger partial charge in [-0.3, -0.25) is 4.79 Å². The fourth-order valence-corrected chi connectivity index (χ4v) is 3.17. The number of hydrogen-bond donors (Lipinski definition) is 2. The highest BCUT2D eigenvalue weighted by Gasteiger charge is 2.20. The summed E-state index contributed by atoms with van der Waals surface area (Å²) in [5.41, 5.74) is 9.97. The average molecular weight is 297 g/mol. The summed E-state index contributed by atoms with van der Waals surface area (Å²) in [6, 6.07) is 11.3. The summed E-state index contributed by atoms with van der Waals surface area (Å²) in [7, 11) is 0. The van der Waals surface area contributed by atoms with Gasteiger partial charge in [-0.05, 0) is 41.6 Å². The Morgan fingerprint density at radius 3 is 3.00 bits per heavy atom. The van der Waals surface area contributed by atoms with Crippen molar-refractivity contribution in [2.45, 2.75) is 16.5 Å². The Morgan fingerprint density at radius 1 is 1.29 bits per heavy atom. The number of anilines is 2. The molecule has 0 unspecified atom stereocenters. The molecule has 0 fully saturated rings. The number of nitrogens with zero attached hydrogens (tertiary/aromatic N) is 1. The van der Waals surface area contributed by atoms with Crippen LogP contribution in [0.25, 0.3) is 11.1 Å². The Bertz CT molecular complexity index is 839. The fourth-order valence-electron chi connectivity index (χ4n) is 2.35. The van der Waals surface area contributed by atoms with E-state index in [0.717, 1.165) is 27.2 Å². The Hall–Kier alpha value is -2.47. The standard InChI is InChI=1S/C15H11N3O2S/c16-9-5-8-6-14(19)17-11(8)7-13(9)21-15-18-10-3-1-2-4-12(10)20-15/h1-5,7H,6,16H2,(H,17,19). The lowest BCUT2D eigenvalue weighted by Gasteiger charge is -2.06. The first-order valence-corrected chi connectivity index (χ1v) is 7.26. The lowest BCUT2D eigenvalue weighted by molar-refractivity contribution is -0.115. The second-order valence-electron chi connectivity index (χ2n) is 4.82. The predicted molar refractivity (Wildman–Crippen MR) is 81.3 cm³/mol. The molecule has 1 aliphatic heterocycles. The van der Waals surface area contributed by atoms with Gasteiger partial charge in [0.15, 0.2) is 5.58 Å². The molecule has 0 bridgehead atoms. The van der Waals surface area contributed by atoms with Crippen molar-refractivity contribution in [3.05, 3.63) is 42.0 Å². The maximum absolute atomic E-state index is 11.4. The van der Waals surface area contributed by atoms with Crippen molar-refractivity contribution < 1.29 is 9.21 Å². The molecule has 21 heavy (non-hydrogen) atoms. The molecule has 1 aromatic heterocycles. The van der Waals surface area contributed by atoms with Gasteiger partial charge in [-0.25, -0.2) is 4.98 Å². The minimum absolute atomic E-state index is 0.00610.